The Kier molecular flexibility index (Phi) is 5.30. The number of hydrogen-bond acceptors (Lipinski definition) is 4. The maximum atomic E-state index is 9.41. The number of rotatable bonds is 5. The molecule has 0 saturated heterocycles. The summed E-state index contributed by atoms with van der Waals surface area (Å²) in [5, 5.41) is 14.5. The first kappa shape index (κ1) is 18.4. The van der Waals surface area contributed by atoms with Crippen molar-refractivity contribution in [1.29, 1.82) is 0 Å². The molecule has 0 radical (unpaired) electrons. The standard InChI is InChI=1S/C19H18Cl2N2O3/c1-4-23-19(11(2)12(3)22-23)25-14-6-8-18(16(21)10-14)26-17-7-5-13(24)9-15(17)20/h5-10,24H,4H2,1-3H3. The zero-order chi connectivity index (χ0) is 18.8. The molecule has 136 valence electrons. The van der Waals surface area contributed by atoms with E-state index in [-0.39, 0.29) is 5.75 Å². The molecule has 5 nitrogen and oxygen atoms in total. The Morgan fingerprint density at radius 3 is 2.27 bits per heavy atom. The number of halogens is 2. The first-order chi connectivity index (χ1) is 12.4. The van der Waals surface area contributed by atoms with E-state index in [9.17, 15) is 5.11 Å². The van der Waals surface area contributed by atoms with Gasteiger partial charge < -0.3 is 14.6 Å². The number of aromatic nitrogens is 2. The van der Waals surface area contributed by atoms with Crippen molar-refractivity contribution in [2.75, 3.05) is 0 Å². The van der Waals surface area contributed by atoms with E-state index in [1.54, 1.807) is 28.9 Å². The topological polar surface area (TPSA) is 56.5 Å². The number of phenols is 1. The first-order valence-corrected chi connectivity index (χ1v) is 8.82. The molecule has 3 rings (SSSR count). The third kappa shape index (κ3) is 3.74. The van der Waals surface area contributed by atoms with Gasteiger partial charge in [-0.05, 0) is 45.0 Å². The molecule has 1 N–H and O–H groups in total. The van der Waals surface area contributed by atoms with Crippen molar-refractivity contribution >= 4 is 23.2 Å². The normalized spacial score (nSPS) is 10.8. The summed E-state index contributed by atoms with van der Waals surface area (Å²) in [6, 6.07) is 9.60. The Morgan fingerprint density at radius 2 is 1.65 bits per heavy atom. The molecule has 3 aromatic rings. The highest BCUT2D eigenvalue weighted by Gasteiger charge is 2.14. The van der Waals surface area contributed by atoms with Gasteiger partial charge in [-0.2, -0.15) is 5.10 Å². The van der Waals surface area contributed by atoms with Crippen LogP contribution < -0.4 is 9.47 Å². The van der Waals surface area contributed by atoms with Crippen LogP contribution in [0, 0.1) is 13.8 Å². The van der Waals surface area contributed by atoms with Gasteiger partial charge in [-0.3, -0.25) is 0 Å². The van der Waals surface area contributed by atoms with Gasteiger partial charge in [-0.1, -0.05) is 23.2 Å². The Bertz CT molecular complexity index is 954. The highest BCUT2D eigenvalue weighted by Crippen LogP contribution is 2.38. The summed E-state index contributed by atoms with van der Waals surface area (Å²) in [5.74, 6) is 2.17. The molecule has 1 aromatic heterocycles. The fourth-order valence-electron chi connectivity index (χ4n) is 2.42. The summed E-state index contributed by atoms with van der Waals surface area (Å²) in [7, 11) is 0. The molecule has 1 heterocycles. The third-order valence-corrected chi connectivity index (χ3v) is 4.51. The van der Waals surface area contributed by atoms with Crippen molar-refractivity contribution < 1.29 is 14.6 Å². The number of phenolic OH excluding ortho intramolecular Hbond substituents is 1. The van der Waals surface area contributed by atoms with E-state index in [0.29, 0.717) is 39.7 Å². The number of nitrogens with zero attached hydrogens (tertiary/aromatic N) is 2. The number of aryl methyl sites for hydroxylation is 2. The zero-order valence-corrected chi connectivity index (χ0v) is 16.1. The molecule has 0 bridgehead atoms. The average Bonchev–Trinajstić information content (AvgIpc) is 2.87. The molecule has 0 spiro atoms. The van der Waals surface area contributed by atoms with Gasteiger partial charge in [0.25, 0.3) is 0 Å². The SMILES string of the molecule is CCn1nc(C)c(C)c1Oc1ccc(Oc2ccc(O)cc2Cl)c(Cl)c1. The predicted molar refractivity (Wildman–Crippen MR) is 102 cm³/mol. The lowest BCUT2D eigenvalue weighted by atomic mass is 10.3. The van der Waals surface area contributed by atoms with Crippen molar-refractivity contribution in [1.82, 2.24) is 9.78 Å². The Labute approximate surface area is 161 Å². The fourth-order valence-corrected chi connectivity index (χ4v) is 2.85. The summed E-state index contributed by atoms with van der Waals surface area (Å²) >= 11 is 12.4. The van der Waals surface area contributed by atoms with E-state index in [1.807, 2.05) is 20.8 Å². The maximum absolute atomic E-state index is 9.41. The number of hydrogen-bond donors (Lipinski definition) is 1. The highest BCUT2D eigenvalue weighted by molar-refractivity contribution is 6.33. The van der Waals surface area contributed by atoms with Gasteiger partial charge in [0.1, 0.15) is 23.0 Å². The lowest BCUT2D eigenvalue weighted by molar-refractivity contribution is 0.412. The van der Waals surface area contributed by atoms with Crippen LogP contribution >= 0.6 is 23.2 Å². The van der Waals surface area contributed by atoms with Gasteiger partial charge >= 0.3 is 0 Å². The van der Waals surface area contributed by atoms with Crippen molar-refractivity contribution in [3.63, 3.8) is 0 Å². The molecular weight excluding hydrogens is 375 g/mol. The van der Waals surface area contributed by atoms with Crippen LogP contribution in [0.4, 0.5) is 0 Å². The van der Waals surface area contributed by atoms with Crippen LogP contribution in [0.1, 0.15) is 18.2 Å². The summed E-state index contributed by atoms with van der Waals surface area (Å²) in [4.78, 5) is 0. The van der Waals surface area contributed by atoms with Gasteiger partial charge in [0.2, 0.25) is 5.88 Å². The molecule has 0 saturated carbocycles. The molecule has 0 aliphatic rings. The molecule has 2 aromatic carbocycles. The number of ether oxygens (including phenoxy) is 2. The highest BCUT2D eigenvalue weighted by atomic mass is 35.5. The monoisotopic (exact) mass is 392 g/mol. The van der Waals surface area contributed by atoms with Crippen molar-refractivity contribution in [2.45, 2.75) is 27.3 Å². The quantitative estimate of drug-likeness (QED) is 0.568. The van der Waals surface area contributed by atoms with E-state index in [0.717, 1.165) is 11.3 Å². The summed E-state index contributed by atoms with van der Waals surface area (Å²) in [5.41, 5.74) is 1.91. The Balaban J connectivity index is 1.84. The summed E-state index contributed by atoms with van der Waals surface area (Å²) < 4.78 is 13.5. The lowest BCUT2D eigenvalue weighted by Crippen LogP contribution is -2.00. The summed E-state index contributed by atoms with van der Waals surface area (Å²) in [6.07, 6.45) is 0. The van der Waals surface area contributed by atoms with E-state index >= 15 is 0 Å². The minimum Gasteiger partial charge on any atom is -0.508 e. The van der Waals surface area contributed by atoms with Crippen LogP contribution in [0.5, 0.6) is 28.9 Å². The Morgan fingerprint density at radius 1 is 1.00 bits per heavy atom. The van der Waals surface area contributed by atoms with Crippen LogP contribution in [0.25, 0.3) is 0 Å². The van der Waals surface area contributed by atoms with Crippen molar-refractivity contribution in [2.24, 2.45) is 0 Å². The van der Waals surface area contributed by atoms with E-state index in [1.165, 1.54) is 12.1 Å². The molecule has 0 fully saturated rings. The third-order valence-electron chi connectivity index (χ3n) is 3.92. The van der Waals surface area contributed by atoms with E-state index in [2.05, 4.69) is 5.10 Å². The molecule has 0 unspecified atom stereocenters. The van der Waals surface area contributed by atoms with Gasteiger partial charge in [0.05, 0.1) is 15.7 Å². The second-order valence-corrected chi connectivity index (χ2v) is 6.56. The second kappa shape index (κ2) is 7.48. The van der Waals surface area contributed by atoms with Crippen LogP contribution in [-0.2, 0) is 6.54 Å². The predicted octanol–water partition coefficient (Wildman–Crippen LogP) is 6.12. The minimum absolute atomic E-state index is 0.0652. The zero-order valence-electron chi connectivity index (χ0n) is 14.6. The van der Waals surface area contributed by atoms with Crippen LogP contribution in [0.3, 0.4) is 0 Å². The molecule has 0 amide bonds. The number of aromatic hydroxyl groups is 1. The minimum atomic E-state index is 0.0652. The molecule has 7 heteroatoms. The molecule has 0 atom stereocenters. The first-order valence-electron chi connectivity index (χ1n) is 8.06. The number of benzene rings is 2. The van der Waals surface area contributed by atoms with Crippen molar-refractivity contribution in [3.8, 4) is 28.9 Å². The van der Waals surface area contributed by atoms with Gasteiger partial charge in [-0.25, -0.2) is 4.68 Å². The van der Waals surface area contributed by atoms with Crippen LogP contribution in [0.15, 0.2) is 36.4 Å². The summed E-state index contributed by atoms with van der Waals surface area (Å²) in [6.45, 7) is 6.62. The largest absolute Gasteiger partial charge is 0.508 e. The average molecular weight is 393 g/mol. The van der Waals surface area contributed by atoms with Gasteiger partial charge in [0.15, 0.2) is 0 Å². The van der Waals surface area contributed by atoms with Crippen LogP contribution in [-0.4, -0.2) is 14.9 Å². The molecule has 0 aliphatic carbocycles. The molecular formula is C19H18Cl2N2O3. The Hall–Kier alpha value is -2.37. The second-order valence-electron chi connectivity index (χ2n) is 5.74. The van der Waals surface area contributed by atoms with E-state index < -0.39 is 0 Å². The fraction of sp³-hybridized carbons (Fsp3) is 0.211. The molecule has 26 heavy (non-hydrogen) atoms. The lowest BCUT2D eigenvalue weighted by Gasteiger charge is -2.12. The van der Waals surface area contributed by atoms with Crippen LogP contribution in [0.2, 0.25) is 10.0 Å². The van der Waals surface area contributed by atoms with Crippen molar-refractivity contribution in [3.05, 3.63) is 57.7 Å². The van der Waals surface area contributed by atoms with Gasteiger partial charge in [-0.15, -0.1) is 0 Å². The van der Waals surface area contributed by atoms with Gasteiger partial charge in [0, 0.05) is 24.2 Å². The maximum Gasteiger partial charge on any atom is 0.220 e. The molecule has 0 aliphatic heterocycles. The smallest absolute Gasteiger partial charge is 0.220 e. The van der Waals surface area contributed by atoms with E-state index in [4.69, 9.17) is 32.7 Å².